The summed E-state index contributed by atoms with van der Waals surface area (Å²) >= 11 is 3.65. The second-order valence-corrected chi connectivity index (χ2v) is 8.06. The number of nitrogens with one attached hydrogen (secondary N) is 1. The molecule has 1 saturated carbocycles. The van der Waals surface area contributed by atoms with Crippen LogP contribution in [0.2, 0.25) is 0 Å². The standard InChI is InChI=1S/C14H23N3OS2/c1-4-19-12-6-5-11(7-12)17(3)14(18)16-9-13-8-15-10(2)20-13/h8,11-12H,4-7,9H2,1-3H3,(H,16,18)/t11-,12+/m1/s1. The van der Waals surface area contributed by atoms with Gasteiger partial charge in [-0.15, -0.1) is 11.3 Å². The van der Waals surface area contributed by atoms with Gasteiger partial charge in [-0.25, -0.2) is 9.78 Å². The number of hydrogen-bond donors (Lipinski definition) is 1. The van der Waals surface area contributed by atoms with Gasteiger partial charge in [-0.1, -0.05) is 6.92 Å². The highest BCUT2D eigenvalue weighted by Crippen LogP contribution is 2.32. The Labute approximate surface area is 129 Å². The Balaban J connectivity index is 1.77. The van der Waals surface area contributed by atoms with E-state index in [1.807, 2.05) is 36.8 Å². The van der Waals surface area contributed by atoms with Crippen LogP contribution in [0.1, 0.15) is 36.1 Å². The number of aryl methyl sites for hydroxylation is 1. The molecule has 1 N–H and O–H groups in total. The maximum Gasteiger partial charge on any atom is 0.317 e. The molecule has 0 aromatic carbocycles. The highest BCUT2D eigenvalue weighted by Gasteiger charge is 2.29. The Morgan fingerprint density at radius 1 is 1.60 bits per heavy atom. The predicted octanol–water partition coefficient (Wildman–Crippen LogP) is 3.27. The summed E-state index contributed by atoms with van der Waals surface area (Å²) in [4.78, 5) is 19.4. The van der Waals surface area contributed by atoms with E-state index in [1.54, 1.807) is 11.3 Å². The van der Waals surface area contributed by atoms with E-state index in [0.717, 1.165) is 33.7 Å². The zero-order valence-corrected chi connectivity index (χ0v) is 14.0. The Hall–Kier alpha value is -0.750. The van der Waals surface area contributed by atoms with Crippen LogP contribution < -0.4 is 5.32 Å². The fourth-order valence-corrected chi connectivity index (χ4v) is 4.46. The molecular weight excluding hydrogens is 290 g/mol. The monoisotopic (exact) mass is 313 g/mol. The van der Waals surface area contributed by atoms with E-state index in [9.17, 15) is 4.79 Å². The molecule has 1 aliphatic carbocycles. The maximum atomic E-state index is 12.2. The van der Waals surface area contributed by atoms with Gasteiger partial charge in [0.15, 0.2) is 0 Å². The molecule has 0 unspecified atom stereocenters. The van der Waals surface area contributed by atoms with Gasteiger partial charge in [0.25, 0.3) is 0 Å². The minimum absolute atomic E-state index is 0.0307. The first-order valence-corrected chi connectivity index (χ1v) is 9.00. The predicted molar refractivity (Wildman–Crippen MR) is 86.4 cm³/mol. The number of hydrogen-bond acceptors (Lipinski definition) is 4. The highest BCUT2D eigenvalue weighted by molar-refractivity contribution is 7.99. The lowest BCUT2D eigenvalue weighted by Gasteiger charge is -2.24. The number of nitrogens with zero attached hydrogens (tertiary/aromatic N) is 2. The van der Waals surface area contributed by atoms with Crippen LogP contribution in [0.3, 0.4) is 0 Å². The molecule has 112 valence electrons. The van der Waals surface area contributed by atoms with E-state index >= 15 is 0 Å². The zero-order chi connectivity index (χ0) is 14.5. The summed E-state index contributed by atoms with van der Waals surface area (Å²) in [6.45, 7) is 4.76. The van der Waals surface area contributed by atoms with Crippen molar-refractivity contribution >= 4 is 29.1 Å². The molecule has 2 atom stereocenters. The molecule has 6 heteroatoms. The van der Waals surface area contributed by atoms with E-state index in [-0.39, 0.29) is 6.03 Å². The smallest absolute Gasteiger partial charge is 0.317 e. The molecule has 2 rings (SSSR count). The summed E-state index contributed by atoms with van der Waals surface area (Å²) in [5.41, 5.74) is 0. The third-order valence-corrected chi connectivity index (χ3v) is 5.86. The van der Waals surface area contributed by atoms with Gasteiger partial charge in [0, 0.05) is 29.4 Å². The van der Waals surface area contributed by atoms with E-state index < -0.39 is 0 Å². The quantitative estimate of drug-likeness (QED) is 0.907. The molecule has 4 nitrogen and oxygen atoms in total. The van der Waals surface area contributed by atoms with Gasteiger partial charge in [0.2, 0.25) is 0 Å². The van der Waals surface area contributed by atoms with Crippen LogP contribution in [-0.4, -0.2) is 40.0 Å². The van der Waals surface area contributed by atoms with Gasteiger partial charge in [-0.3, -0.25) is 0 Å². The number of urea groups is 1. The topological polar surface area (TPSA) is 45.2 Å². The fraction of sp³-hybridized carbons (Fsp3) is 0.714. The van der Waals surface area contributed by atoms with Crippen LogP contribution in [-0.2, 0) is 6.54 Å². The van der Waals surface area contributed by atoms with Crippen molar-refractivity contribution in [3.8, 4) is 0 Å². The summed E-state index contributed by atoms with van der Waals surface area (Å²) in [7, 11) is 1.91. The Morgan fingerprint density at radius 3 is 3.05 bits per heavy atom. The van der Waals surface area contributed by atoms with Crippen molar-refractivity contribution in [2.75, 3.05) is 12.8 Å². The lowest BCUT2D eigenvalue weighted by Crippen LogP contribution is -2.42. The van der Waals surface area contributed by atoms with E-state index in [0.29, 0.717) is 12.6 Å². The van der Waals surface area contributed by atoms with Crippen molar-refractivity contribution < 1.29 is 4.79 Å². The van der Waals surface area contributed by atoms with Crippen LogP contribution in [0.5, 0.6) is 0 Å². The summed E-state index contributed by atoms with van der Waals surface area (Å²) < 4.78 is 0. The molecule has 1 heterocycles. The molecule has 0 saturated heterocycles. The average molecular weight is 313 g/mol. The lowest BCUT2D eigenvalue weighted by atomic mass is 10.2. The van der Waals surface area contributed by atoms with Gasteiger partial charge in [0.1, 0.15) is 0 Å². The molecule has 1 fully saturated rings. The van der Waals surface area contributed by atoms with Crippen molar-refractivity contribution in [1.82, 2.24) is 15.2 Å². The van der Waals surface area contributed by atoms with Crippen molar-refractivity contribution in [1.29, 1.82) is 0 Å². The lowest BCUT2D eigenvalue weighted by molar-refractivity contribution is 0.190. The van der Waals surface area contributed by atoms with Gasteiger partial charge in [-0.05, 0) is 31.9 Å². The van der Waals surface area contributed by atoms with E-state index in [4.69, 9.17) is 0 Å². The number of carbonyl (C=O) groups excluding carboxylic acids is 1. The second-order valence-electron chi connectivity index (χ2n) is 5.16. The Kier molecular flexibility index (Phi) is 5.72. The third kappa shape index (κ3) is 4.12. The summed E-state index contributed by atoms with van der Waals surface area (Å²) in [5, 5.41) is 4.75. The number of thiazole rings is 1. The van der Waals surface area contributed by atoms with Crippen molar-refractivity contribution in [2.45, 2.75) is 50.9 Å². The molecule has 0 radical (unpaired) electrons. The van der Waals surface area contributed by atoms with E-state index in [1.165, 1.54) is 6.42 Å². The van der Waals surface area contributed by atoms with Gasteiger partial charge in [0.05, 0.1) is 11.6 Å². The van der Waals surface area contributed by atoms with Crippen LogP contribution >= 0.6 is 23.1 Å². The van der Waals surface area contributed by atoms with E-state index in [2.05, 4.69) is 17.2 Å². The average Bonchev–Trinajstić information content (AvgIpc) is 3.05. The minimum Gasteiger partial charge on any atom is -0.333 e. The highest BCUT2D eigenvalue weighted by atomic mass is 32.2. The van der Waals surface area contributed by atoms with Crippen LogP contribution in [0.15, 0.2) is 6.20 Å². The fourth-order valence-electron chi connectivity index (χ4n) is 2.60. The third-order valence-electron chi connectivity index (χ3n) is 3.71. The van der Waals surface area contributed by atoms with Gasteiger partial charge < -0.3 is 10.2 Å². The van der Waals surface area contributed by atoms with Crippen molar-refractivity contribution in [3.63, 3.8) is 0 Å². The number of aromatic nitrogens is 1. The molecular formula is C14H23N3OS2. The first-order chi connectivity index (χ1) is 9.60. The zero-order valence-electron chi connectivity index (χ0n) is 12.4. The van der Waals surface area contributed by atoms with Crippen LogP contribution in [0.4, 0.5) is 4.79 Å². The maximum absolute atomic E-state index is 12.2. The molecule has 1 aromatic rings. The minimum atomic E-state index is 0.0307. The number of thioether (sulfide) groups is 1. The van der Waals surface area contributed by atoms with Crippen LogP contribution in [0.25, 0.3) is 0 Å². The largest absolute Gasteiger partial charge is 0.333 e. The van der Waals surface area contributed by atoms with Gasteiger partial charge >= 0.3 is 6.03 Å². The molecule has 1 aromatic heterocycles. The normalized spacial score (nSPS) is 21.9. The molecule has 1 aliphatic rings. The van der Waals surface area contributed by atoms with Crippen molar-refractivity contribution in [2.24, 2.45) is 0 Å². The summed E-state index contributed by atoms with van der Waals surface area (Å²) in [6.07, 6.45) is 5.32. The first kappa shape index (κ1) is 15.6. The molecule has 0 spiro atoms. The Bertz CT molecular complexity index is 449. The SMILES string of the molecule is CCS[C@H]1CC[C@@H](N(C)C(=O)NCc2cnc(C)s2)C1. The van der Waals surface area contributed by atoms with Crippen molar-refractivity contribution in [3.05, 3.63) is 16.1 Å². The molecule has 2 amide bonds. The summed E-state index contributed by atoms with van der Waals surface area (Å²) in [5.74, 6) is 1.16. The Morgan fingerprint density at radius 2 is 2.40 bits per heavy atom. The molecule has 0 aliphatic heterocycles. The number of carbonyl (C=O) groups is 1. The first-order valence-electron chi connectivity index (χ1n) is 7.13. The molecule has 0 bridgehead atoms. The molecule has 20 heavy (non-hydrogen) atoms. The van der Waals surface area contributed by atoms with Crippen LogP contribution in [0, 0.1) is 6.92 Å². The number of rotatable bonds is 5. The number of amides is 2. The summed E-state index contributed by atoms with van der Waals surface area (Å²) in [6, 6.07) is 0.422. The second kappa shape index (κ2) is 7.31. The van der Waals surface area contributed by atoms with Gasteiger partial charge in [-0.2, -0.15) is 11.8 Å².